The van der Waals surface area contributed by atoms with Crippen LogP contribution in [0.5, 0.6) is 17.2 Å². The summed E-state index contributed by atoms with van der Waals surface area (Å²) in [6, 6.07) is 5.94. The second-order valence-electron chi connectivity index (χ2n) is 12.8. The lowest BCUT2D eigenvalue weighted by Crippen LogP contribution is -2.54. The first-order chi connectivity index (χ1) is 24.1. The fourth-order valence-corrected chi connectivity index (χ4v) is 6.39. The predicted octanol–water partition coefficient (Wildman–Crippen LogP) is 8.72. The first-order valence-electron chi connectivity index (χ1n) is 17.5. The molecule has 2 aliphatic rings. The first kappa shape index (κ1) is 39.8. The number of imide groups is 1. The molecule has 8 nitrogen and oxygen atoms in total. The van der Waals surface area contributed by atoms with E-state index in [2.05, 4.69) is 5.32 Å². The van der Waals surface area contributed by atoms with E-state index in [-0.39, 0.29) is 42.9 Å². The topological polar surface area (TPSA) is 97.3 Å². The molecule has 0 bridgehead atoms. The quantitative estimate of drug-likeness (QED) is 0.0962. The maximum atomic E-state index is 13.9. The third kappa shape index (κ3) is 8.42. The number of aliphatic hydroxyl groups is 1. The number of aryl methyl sites for hydroxylation is 1. The molecule has 0 aliphatic carbocycles. The second kappa shape index (κ2) is 16.6. The molecule has 3 amide bonds. The first-order valence-corrected chi connectivity index (χ1v) is 17.5. The molecule has 4 rings (SSSR count). The number of carbonyl (C=O) groups excluding carboxylic acids is 2. The van der Waals surface area contributed by atoms with Crippen molar-refractivity contribution in [3.63, 3.8) is 0 Å². The van der Waals surface area contributed by atoms with Gasteiger partial charge in [-0.25, -0.2) is 4.79 Å². The summed E-state index contributed by atoms with van der Waals surface area (Å²) in [5.74, 6) is 0.716. The van der Waals surface area contributed by atoms with Gasteiger partial charge in [0.05, 0.1) is 6.61 Å². The van der Waals surface area contributed by atoms with Crippen molar-refractivity contribution in [3.8, 4) is 17.2 Å². The fourth-order valence-electron chi connectivity index (χ4n) is 6.39. The van der Waals surface area contributed by atoms with E-state index < -0.39 is 41.0 Å². The third-order valence-corrected chi connectivity index (χ3v) is 9.24. The van der Waals surface area contributed by atoms with Gasteiger partial charge in [0.2, 0.25) is 0 Å². The Morgan fingerprint density at radius 2 is 1.61 bits per heavy atom. The molecule has 14 heteroatoms. The van der Waals surface area contributed by atoms with Crippen LogP contribution in [-0.2, 0) is 22.4 Å². The molecular weight excluding hydrogens is 682 g/mol. The lowest BCUT2D eigenvalue weighted by Gasteiger charge is -2.33. The minimum Gasteiger partial charge on any atom is -0.493 e. The van der Waals surface area contributed by atoms with E-state index in [0.29, 0.717) is 68.1 Å². The number of alkyl halides is 6. The molecular formula is C37H46F6N2O6. The molecule has 51 heavy (non-hydrogen) atoms. The average Bonchev–Trinajstić information content (AvgIpc) is 3.34. The molecule has 1 fully saturated rings. The van der Waals surface area contributed by atoms with Crippen molar-refractivity contribution in [2.75, 3.05) is 26.4 Å². The van der Waals surface area contributed by atoms with E-state index in [9.17, 15) is 41.0 Å². The lowest BCUT2D eigenvalue weighted by atomic mass is 9.87. The van der Waals surface area contributed by atoms with Crippen molar-refractivity contribution >= 4 is 18.0 Å². The van der Waals surface area contributed by atoms with Gasteiger partial charge in [0, 0.05) is 17.7 Å². The zero-order valence-electron chi connectivity index (χ0n) is 29.1. The number of nitrogens with zero attached hydrogens (tertiary/aromatic N) is 1. The lowest BCUT2D eigenvalue weighted by molar-refractivity contribution is -0.376. The van der Waals surface area contributed by atoms with E-state index in [1.54, 1.807) is 38.1 Å². The summed E-state index contributed by atoms with van der Waals surface area (Å²) in [4.78, 5) is 27.8. The summed E-state index contributed by atoms with van der Waals surface area (Å²) in [6.45, 7) is 6.36. The highest BCUT2D eigenvalue weighted by Crippen LogP contribution is 2.51. The maximum absolute atomic E-state index is 13.9. The highest BCUT2D eigenvalue weighted by molar-refractivity contribution is 6.07. The van der Waals surface area contributed by atoms with Crippen LogP contribution >= 0.6 is 0 Å². The predicted molar refractivity (Wildman–Crippen MR) is 179 cm³/mol. The Hall–Kier alpha value is -3.94. The number of rotatable bonds is 17. The minimum atomic E-state index is -6.03. The van der Waals surface area contributed by atoms with Gasteiger partial charge < -0.3 is 24.6 Å². The van der Waals surface area contributed by atoms with Crippen LogP contribution in [0.3, 0.4) is 0 Å². The standard InChI is InChI=1S/C37H46F6N2O6/c1-4-7-8-9-10-11-15-26-23-28(35(48,36(38,39)40)37(41,42)43)22-25(14-5-2)31(26)51-19-13-12-18-45-32(46)34(6-3,44-33(45)47)27-16-17-29-30(24-27)50-21-20-49-29/h11,15-17,22-24,48H,4-10,12-14,18-21H2,1-3H3,(H,44,47)/b15-11+. The van der Waals surface area contributed by atoms with Gasteiger partial charge in [-0.1, -0.05) is 64.7 Å². The van der Waals surface area contributed by atoms with Crippen LogP contribution in [0.15, 0.2) is 36.4 Å². The van der Waals surface area contributed by atoms with Crippen molar-refractivity contribution in [2.45, 2.75) is 108 Å². The fraction of sp³-hybridized carbons (Fsp3) is 0.568. The highest BCUT2D eigenvalue weighted by atomic mass is 19.4. The molecule has 2 heterocycles. The average molecular weight is 729 g/mol. The number of urea groups is 1. The van der Waals surface area contributed by atoms with Crippen LogP contribution in [0, 0.1) is 0 Å². The summed E-state index contributed by atoms with van der Waals surface area (Å²) in [6.07, 6.45) is -3.35. The van der Waals surface area contributed by atoms with Crippen LogP contribution in [0.25, 0.3) is 6.08 Å². The zero-order valence-corrected chi connectivity index (χ0v) is 29.1. The van der Waals surface area contributed by atoms with Crippen LogP contribution < -0.4 is 19.5 Å². The Bertz CT molecular complexity index is 1550. The Labute approximate surface area is 294 Å². The van der Waals surface area contributed by atoms with Gasteiger partial charge in [-0.2, -0.15) is 26.3 Å². The van der Waals surface area contributed by atoms with Gasteiger partial charge in [0.1, 0.15) is 24.5 Å². The van der Waals surface area contributed by atoms with Crippen molar-refractivity contribution < 1.29 is 55.2 Å². The SMILES string of the molecule is CCCCCC/C=C/c1cc(C(O)(C(F)(F)F)C(F)(F)F)cc(CCC)c1OCCCCN1C(=O)NC(CC)(c2ccc3c(c2)OCCO3)C1=O. The van der Waals surface area contributed by atoms with E-state index in [1.165, 1.54) is 6.08 Å². The van der Waals surface area contributed by atoms with Crippen LogP contribution in [0.1, 0.15) is 101 Å². The van der Waals surface area contributed by atoms with Crippen LogP contribution in [0.4, 0.5) is 31.1 Å². The van der Waals surface area contributed by atoms with E-state index >= 15 is 0 Å². The molecule has 0 spiro atoms. The summed E-state index contributed by atoms with van der Waals surface area (Å²) in [5.41, 5.74) is -7.08. The Morgan fingerprint density at radius 3 is 2.25 bits per heavy atom. The van der Waals surface area contributed by atoms with E-state index in [0.717, 1.165) is 30.6 Å². The number of benzene rings is 2. The van der Waals surface area contributed by atoms with E-state index in [1.807, 2.05) is 6.92 Å². The van der Waals surface area contributed by atoms with Gasteiger partial charge in [-0.3, -0.25) is 9.69 Å². The molecule has 2 aromatic rings. The molecule has 0 saturated carbocycles. The summed E-state index contributed by atoms with van der Waals surface area (Å²) in [7, 11) is 0. The Morgan fingerprint density at radius 1 is 0.902 bits per heavy atom. The maximum Gasteiger partial charge on any atom is 0.430 e. The van der Waals surface area contributed by atoms with Gasteiger partial charge in [-0.15, -0.1) is 0 Å². The van der Waals surface area contributed by atoms with Crippen molar-refractivity contribution in [1.29, 1.82) is 0 Å². The van der Waals surface area contributed by atoms with Crippen molar-refractivity contribution in [1.82, 2.24) is 10.2 Å². The normalized spacial score (nSPS) is 18.1. The number of fused-ring (bicyclic) bond motifs is 1. The van der Waals surface area contributed by atoms with Gasteiger partial charge in [0.25, 0.3) is 11.5 Å². The van der Waals surface area contributed by atoms with Crippen LogP contribution in [0.2, 0.25) is 0 Å². The molecule has 0 aromatic heterocycles. The number of unbranched alkanes of at least 4 members (excludes halogenated alkanes) is 5. The van der Waals surface area contributed by atoms with Crippen molar-refractivity contribution in [3.05, 3.63) is 58.7 Å². The Balaban J connectivity index is 1.52. The number of carbonyl (C=O) groups is 2. The van der Waals surface area contributed by atoms with Gasteiger partial charge >= 0.3 is 18.4 Å². The molecule has 1 saturated heterocycles. The largest absolute Gasteiger partial charge is 0.493 e. The summed E-state index contributed by atoms with van der Waals surface area (Å²) >= 11 is 0. The van der Waals surface area contributed by atoms with Crippen molar-refractivity contribution in [2.24, 2.45) is 0 Å². The molecule has 2 aliphatic heterocycles. The molecule has 2 N–H and O–H groups in total. The molecule has 282 valence electrons. The number of halogens is 6. The van der Waals surface area contributed by atoms with Gasteiger partial charge in [0.15, 0.2) is 11.5 Å². The molecule has 2 aromatic carbocycles. The number of hydrogen-bond acceptors (Lipinski definition) is 6. The summed E-state index contributed by atoms with van der Waals surface area (Å²) in [5, 5.41) is 13.0. The number of amides is 3. The van der Waals surface area contributed by atoms with Gasteiger partial charge in [-0.05, 0) is 73.9 Å². The number of nitrogens with one attached hydrogen (secondary N) is 1. The summed E-state index contributed by atoms with van der Waals surface area (Å²) < 4.78 is 101. The smallest absolute Gasteiger partial charge is 0.430 e. The zero-order chi connectivity index (χ0) is 37.5. The highest BCUT2D eigenvalue weighted by Gasteiger charge is 2.71. The molecule has 1 atom stereocenters. The monoisotopic (exact) mass is 728 g/mol. The second-order valence-corrected chi connectivity index (χ2v) is 12.8. The minimum absolute atomic E-state index is 0.000934. The van der Waals surface area contributed by atoms with E-state index in [4.69, 9.17) is 14.2 Å². The number of hydrogen-bond donors (Lipinski definition) is 2. The van der Waals surface area contributed by atoms with Crippen LogP contribution in [-0.4, -0.2) is 60.7 Å². The Kier molecular flexibility index (Phi) is 13.0. The third-order valence-electron chi connectivity index (χ3n) is 9.24. The number of allylic oxidation sites excluding steroid dienone is 1. The number of ether oxygens (including phenoxy) is 3. The molecule has 1 unspecified atom stereocenters. The molecule has 0 radical (unpaired) electrons.